The SMILES string of the molecule is C#CCCOc1cc(C)c(N)cc1C(C)C. The Morgan fingerprint density at radius 2 is 2.12 bits per heavy atom. The van der Waals surface area contributed by atoms with Crippen LogP contribution in [0, 0.1) is 19.3 Å². The van der Waals surface area contributed by atoms with Crippen LogP contribution in [0.5, 0.6) is 5.75 Å². The van der Waals surface area contributed by atoms with Gasteiger partial charge in [-0.15, -0.1) is 12.3 Å². The van der Waals surface area contributed by atoms with Crippen LogP contribution < -0.4 is 10.5 Å². The molecule has 0 aliphatic carbocycles. The molecule has 1 aromatic rings. The third-order valence-electron chi connectivity index (χ3n) is 2.52. The third kappa shape index (κ3) is 2.93. The van der Waals surface area contributed by atoms with Crippen LogP contribution in [-0.4, -0.2) is 6.61 Å². The van der Waals surface area contributed by atoms with Gasteiger partial charge in [-0.2, -0.15) is 0 Å². The molecule has 1 aromatic carbocycles. The highest BCUT2D eigenvalue weighted by atomic mass is 16.5. The Balaban J connectivity index is 2.96. The van der Waals surface area contributed by atoms with Gasteiger partial charge in [0.1, 0.15) is 5.75 Å². The second kappa shape index (κ2) is 5.46. The van der Waals surface area contributed by atoms with Crippen LogP contribution in [0.25, 0.3) is 0 Å². The Kier molecular flexibility index (Phi) is 4.25. The topological polar surface area (TPSA) is 35.2 Å². The summed E-state index contributed by atoms with van der Waals surface area (Å²) in [4.78, 5) is 0. The third-order valence-corrected chi connectivity index (χ3v) is 2.52. The molecule has 2 N–H and O–H groups in total. The minimum Gasteiger partial charge on any atom is -0.492 e. The van der Waals surface area contributed by atoms with Crippen molar-refractivity contribution in [1.82, 2.24) is 0 Å². The Hall–Kier alpha value is -1.62. The van der Waals surface area contributed by atoms with Crippen molar-refractivity contribution in [2.24, 2.45) is 0 Å². The number of ether oxygens (including phenoxy) is 1. The zero-order valence-electron chi connectivity index (χ0n) is 10.2. The Morgan fingerprint density at radius 1 is 1.44 bits per heavy atom. The molecule has 0 radical (unpaired) electrons. The smallest absolute Gasteiger partial charge is 0.123 e. The van der Waals surface area contributed by atoms with E-state index in [1.165, 1.54) is 0 Å². The summed E-state index contributed by atoms with van der Waals surface area (Å²) >= 11 is 0. The summed E-state index contributed by atoms with van der Waals surface area (Å²) < 4.78 is 5.68. The second-order valence-corrected chi connectivity index (χ2v) is 4.20. The Labute approximate surface area is 97.8 Å². The van der Waals surface area contributed by atoms with Crippen molar-refractivity contribution in [2.45, 2.75) is 33.1 Å². The molecule has 0 aliphatic rings. The predicted molar refractivity (Wildman–Crippen MR) is 68.6 cm³/mol. The van der Waals surface area contributed by atoms with Crippen LogP contribution in [0.1, 0.15) is 37.3 Å². The summed E-state index contributed by atoms with van der Waals surface area (Å²) in [5.74, 6) is 3.86. The number of nitrogens with two attached hydrogens (primary N) is 1. The maximum atomic E-state index is 5.89. The van der Waals surface area contributed by atoms with E-state index >= 15 is 0 Å². The van der Waals surface area contributed by atoms with E-state index < -0.39 is 0 Å². The molecular weight excluding hydrogens is 198 g/mol. The average molecular weight is 217 g/mol. The van der Waals surface area contributed by atoms with Crippen molar-refractivity contribution in [1.29, 1.82) is 0 Å². The van der Waals surface area contributed by atoms with E-state index in [-0.39, 0.29) is 0 Å². The van der Waals surface area contributed by atoms with Crippen molar-refractivity contribution in [2.75, 3.05) is 12.3 Å². The number of terminal acetylenes is 1. The fourth-order valence-corrected chi connectivity index (χ4v) is 1.51. The van der Waals surface area contributed by atoms with E-state index in [9.17, 15) is 0 Å². The van der Waals surface area contributed by atoms with Crippen LogP contribution in [0.3, 0.4) is 0 Å². The number of hydrogen-bond acceptors (Lipinski definition) is 2. The van der Waals surface area contributed by atoms with Crippen LogP contribution in [0.2, 0.25) is 0 Å². The molecule has 0 amide bonds. The quantitative estimate of drug-likeness (QED) is 0.478. The highest BCUT2D eigenvalue weighted by molar-refractivity contribution is 5.55. The van der Waals surface area contributed by atoms with Gasteiger partial charge in [-0.05, 0) is 36.1 Å². The van der Waals surface area contributed by atoms with Gasteiger partial charge in [-0.3, -0.25) is 0 Å². The molecule has 0 heterocycles. The lowest BCUT2D eigenvalue weighted by Gasteiger charge is -2.15. The largest absolute Gasteiger partial charge is 0.492 e. The molecule has 2 nitrogen and oxygen atoms in total. The van der Waals surface area contributed by atoms with Gasteiger partial charge >= 0.3 is 0 Å². The van der Waals surface area contributed by atoms with E-state index in [1.807, 2.05) is 19.1 Å². The summed E-state index contributed by atoms with van der Waals surface area (Å²) in [6.45, 7) is 6.78. The van der Waals surface area contributed by atoms with Gasteiger partial charge in [0.2, 0.25) is 0 Å². The number of anilines is 1. The highest BCUT2D eigenvalue weighted by Gasteiger charge is 2.10. The van der Waals surface area contributed by atoms with Gasteiger partial charge in [-0.1, -0.05) is 13.8 Å². The summed E-state index contributed by atoms with van der Waals surface area (Å²) in [6, 6.07) is 3.98. The Morgan fingerprint density at radius 3 is 2.69 bits per heavy atom. The molecule has 0 atom stereocenters. The fourth-order valence-electron chi connectivity index (χ4n) is 1.51. The van der Waals surface area contributed by atoms with Gasteiger partial charge in [0.05, 0.1) is 6.61 Å². The van der Waals surface area contributed by atoms with Gasteiger partial charge < -0.3 is 10.5 Å². The van der Waals surface area contributed by atoms with Crippen molar-refractivity contribution in [3.8, 4) is 18.1 Å². The lowest BCUT2D eigenvalue weighted by atomic mass is 9.99. The number of aryl methyl sites for hydroxylation is 1. The maximum Gasteiger partial charge on any atom is 0.123 e. The maximum absolute atomic E-state index is 5.89. The molecule has 0 saturated heterocycles. The van der Waals surface area contributed by atoms with Gasteiger partial charge in [0, 0.05) is 12.1 Å². The van der Waals surface area contributed by atoms with Gasteiger partial charge in [0.15, 0.2) is 0 Å². The summed E-state index contributed by atoms with van der Waals surface area (Å²) in [7, 11) is 0. The molecule has 0 bridgehead atoms. The van der Waals surface area contributed by atoms with E-state index in [1.54, 1.807) is 0 Å². The number of rotatable bonds is 4. The highest BCUT2D eigenvalue weighted by Crippen LogP contribution is 2.30. The van der Waals surface area contributed by atoms with Crippen molar-refractivity contribution in [3.05, 3.63) is 23.3 Å². The standard InChI is InChI=1S/C14H19NO/c1-5-6-7-16-14-8-11(4)13(15)9-12(14)10(2)3/h1,8-10H,6-7,15H2,2-4H3. The first-order chi connectivity index (χ1) is 7.56. The lowest BCUT2D eigenvalue weighted by molar-refractivity contribution is 0.322. The normalized spacial score (nSPS) is 10.2. The minimum atomic E-state index is 0.392. The molecule has 0 spiro atoms. The van der Waals surface area contributed by atoms with E-state index in [0.717, 1.165) is 22.6 Å². The molecule has 2 heteroatoms. The predicted octanol–water partition coefficient (Wildman–Crippen LogP) is 3.10. The number of hydrogen-bond donors (Lipinski definition) is 1. The first kappa shape index (κ1) is 12.4. The van der Waals surface area contributed by atoms with Crippen LogP contribution in [-0.2, 0) is 0 Å². The molecule has 0 fully saturated rings. The zero-order chi connectivity index (χ0) is 12.1. The van der Waals surface area contributed by atoms with Crippen LogP contribution in [0.4, 0.5) is 5.69 Å². The van der Waals surface area contributed by atoms with Crippen LogP contribution >= 0.6 is 0 Å². The Bertz CT molecular complexity index is 402. The summed E-state index contributed by atoms with van der Waals surface area (Å²) in [5, 5.41) is 0. The molecule has 0 aliphatic heterocycles. The van der Waals surface area contributed by atoms with E-state index in [2.05, 4.69) is 19.8 Å². The lowest BCUT2D eigenvalue weighted by Crippen LogP contribution is -2.03. The van der Waals surface area contributed by atoms with Crippen LogP contribution in [0.15, 0.2) is 12.1 Å². The first-order valence-corrected chi connectivity index (χ1v) is 5.52. The molecule has 86 valence electrons. The monoisotopic (exact) mass is 217 g/mol. The number of nitrogen functional groups attached to an aromatic ring is 1. The fraction of sp³-hybridized carbons (Fsp3) is 0.429. The van der Waals surface area contributed by atoms with Gasteiger partial charge in [0.25, 0.3) is 0 Å². The van der Waals surface area contributed by atoms with E-state index in [0.29, 0.717) is 18.9 Å². The van der Waals surface area contributed by atoms with Crippen molar-refractivity contribution in [3.63, 3.8) is 0 Å². The molecule has 16 heavy (non-hydrogen) atoms. The minimum absolute atomic E-state index is 0.392. The second-order valence-electron chi connectivity index (χ2n) is 4.20. The molecule has 0 aromatic heterocycles. The average Bonchev–Trinajstić information content (AvgIpc) is 2.23. The zero-order valence-corrected chi connectivity index (χ0v) is 10.2. The van der Waals surface area contributed by atoms with Gasteiger partial charge in [-0.25, -0.2) is 0 Å². The van der Waals surface area contributed by atoms with Crippen molar-refractivity contribution >= 4 is 5.69 Å². The summed E-state index contributed by atoms with van der Waals surface area (Å²) in [6.07, 6.45) is 5.82. The molecular formula is C14H19NO. The van der Waals surface area contributed by atoms with E-state index in [4.69, 9.17) is 16.9 Å². The molecule has 0 unspecified atom stereocenters. The molecule has 1 rings (SSSR count). The first-order valence-electron chi connectivity index (χ1n) is 5.52. The summed E-state index contributed by atoms with van der Waals surface area (Å²) in [5.41, 5.74) is 8.89. The number of benzene rings is 1. The molecule has 0 saturated carbocycles. The van der Waals surface area contributed by atoms with Crippen molar-refractivity contribution < 1.29 is 4.74 Å².